The summed E-state index contributed by atoms with van der Waals surface area (Å²) in [6, 6.07) is 0. The highest BCUT2D eigenvalue weighted by Gasteiger charge is 2.66. The second-order valence-electron chi connectivity index (χ2n) is 8.82. The average molecular weight is 358 g/mol. The van der Waals surface area contributed by atoms with Gasteiger partial charge in [0.25, 0.3) is 5.91 Å². The highest BCUT2D eigenvalue weighted by atomic mass is 16.2. The minimum absolute atomic E-state index is 0.0799. The number of carbonyl (C=O) groups is 1. The molecule has 0 bridgehead atoms. The minimum atomic E-state index is -0.772. The van der Waals surface area contributed by atoms with Crippen LogP contribution in [0.5, 0.6) is 0 Å². The second-order valence-corrected chi connectivity index (χ2v) is 8.82. The summed E-state index contributed by atoms with van der Waals surface area (Å²) in [4.78, 5) is 20.0. The first-order chi connectivity index (χ1) is 12.4. The molecule has 26 heavy (non-hydrogen) atoms. The molecule has 4 heteroatoms. The molecule has 2 aliphatic carbocycles. The lowest BCUT2D eigenvalue weighted by molar-refractivity contribution is -0.133. The molecule has 4 nitrogen and oxygen atoms in total. The van der Waals surface area contributed by atoms with E-state index in [-0.39, 0.29) is 11.3 Å². The molecule has 3 aliphatic rings. The fraction of sp³-hybridized carbons (Fsp3) is 0.727. The number of amides is 1. The number of nitrogens with zero attached hydrogens (tertiary/aromatic N) is 2. The zero-order chi connectivity index (χ0) is 18.9. The van der Waals surface area contributed by atoms with E-state index in [0.717, 1.165) is 37.7 Å². The maximum atomic E-state index is 13.5. The molecule has 0 aromatic carbocycles. The van der Waals surface area contributed by atoms with Gasteiger partial charge < -0.3 is 5.73 Å². The van der Waals surface area contributed by atoms with Crippen LogP contribution in [0.3, 0.4) is 0 Å². The molecule has 144 valence electrons. The van der Waals surface area contributed by atoms with Crippen molar-refractivity contribution in [1.82, 2.24) is 4.90 Å². The van der Waals surface area contributed by atoms with Gasteiger partial charge >= 0.3 is 0 Å². The molecule has 1 aliphatic heterocycles. The quantitative estimate of drug-likeness (QED) is 0.750. The van der Waals surface area contributed by atoms with Gasteiger partial charge in [-0.15, -0.1) is 0 Å². The van der Waals surface area contributed by atoms with E-state index in [2.05, 4.69) is 32.9 Å². The van der Waals surface area contributed by atoms with E-state index < -0.39 is 5.54 Å². The first kappa shape index (κ1) is 19.2. The Morgan fingerprint density at radius 1 is 1.27 bits per heavy atom. The zero-order valence-electron chi connectivity index (χ0n) is 17.0. The number of aliphatic imine (C=N–C) groups is 1. The third-order valence-electron chi connectivity index (χ3n) is 6.77. The number of fused-ring (bicyclic) bond motifs is 1. The Hall–Kier alpha value is -1.58. The molecule has 1 unspecified atom stereocenters. The van der Waals surface area contributed by atoms with Crippen LogP contribution in [0, 0.1) is 11.3 Å². The Balaban J connectivity index is 2.05. The van der Waals surface area contributed by atoms with Crippen LogP contribution >= 0.6 is 0 Å². The van der Waals surface area contributed by atoms with E-state index in [4.69, 9.17) is 10.7 Å². The molecular formula is C22H35N3O. The molecule has 0 aromatic rings. The smallest absolute Gasteiger partial charge is 0.262 e. The molecule has 1 heterocycles. The third kappa shape index (κ3) is 2.82. The average Bonchev–Trinajstić information content (AvgIpc) is 3.00. The number of likely N-dealkylation sites (N-methyl/N-ethyl adjacent to an activating group) is 1. The third-order valence-corrected chi connectivity index (χ3v) is 6.77. The Morgan fingerprint density at radius 2 is 1.96 bits per heavy atom. The van der Waals surface area contributed by atoms with Gasteiger partial charge in [-0.25, -0.2) is 4.99 Å². The first-order valence-corrected chi connectivity index (χ1v) is 10.4. The molecular weight excluding hydrogens is 322 g/mol. The first-order valence-electron chi connectivity index (χ1n) is 10.4. The van der Waals surface area contributed by atoms with Crippen molar-refractivity contribution >= 4 is 11.9 Å². The van der Waals surface area contributed by atoms with Gasteiger partial charge in [-0.1, -0.05) is 51.7 Å². The largest absolute Gasteiger partial charge is 0.369 e. The molecule has 2 N–H and O–H groups in total. The van der Waals surface area contributed by atoms with Gasteiger partial charge in [0.2, 0.25) is 0 Å². The van der Waals surface area contributed by atoms with Crippen molar-refractivity contribution in [3.8, 4) is 0 Å². The maximum Gasteiger partial charge on any atom is 0.262 e. The van der Waals surface area contributed by atoms with Gasteiger partial charge in [0.1, 0.15) is 0 Å². The van der Waals surface area contributed by atoms with Gasteiger partial charge in [-0.3, -0.25) is 9.69 Å². The van der Waals surface area contributed by atoms with Crippen molar-refractivity contribution in [2.24, 2.45) is 22.1 Å². The molecule has 1 amide bonds. The summed E-state index contributed by atoms with van der Waals surface area (Å²) in [7, 11) is 1.77. The van der Waals surface area contributed by atoms with Crippen LogP contribution in [-0.4, -0.2) is 29.4 Å². The lowest BCUT2D eigenvalue weighted by Gasteiger charge is -2.43. The molecule has 0 saturated heterocycles. The Morgan fingerprint density at radius 3 is 2.50 bits per heavy atom. The molecule has 2 fully saturated rings. The normalized spacial score (nSPS) is 31.2. The second kappa shape index (κ2) is 7.21. The van der Waals surface area contributed by atoms with Crippen LogP contribution in [0.15, 0.2) is 28.3 Å². The van der Waals surface area contributed by atoms with Crippen LogP contribution in [0.2, 0.25) is 0 Å². The Kier molecular flexibility index (Phi) is 5.32. The molecule has 2 spiro atoms. The van der Waals surface area contributed by atoms with Gasteiger partial charge in [-0.2, -0.15) is 0 Å². The van der Waals surface area contributed by atoms with Crippen molar-refractivity contribution < 1.29 is 4.79 Å². The lowest BCUT2D eigenvalue weighted by atomic mass is 9.62. The Labute approximate surface area is 158 Å². The zero-order valence-corrected chi connectivity index (χ0v) is 17.0. The van der Waals surface area contributed by atoms with Crippen molar-refractivity contribution in [1.29, 1.82) is 0 Å². The number of allylic oxidation sites excluding steroid dienone is 2. The number of nitrogens with two attached hydrogens (primary N) is 1. The molecule has 2 saturated carbocycles. The van der Waals surface area contributed by atoms with Crippen LogP contribution in [0.25, 0.3) is 0 Å². The fourth-order valence-corrected chi connectivity index (χ4v) is 5.34. The molecule has 0 aromatic heterocycles. The van der Waals surface area contributed by atoms with Crippen molar-refractivity contribution in [2.75, 3.05) is 7.05 Å². The van der Waals surface area contributed by atoms with Gasteiger partial charge in [-0.05, 0) is 56.1 Å². The predicted octanol–water partition coefficient (Wildman–Crippen LogP) is 4.57. The number of guanidine groups is 1. The van der Waals surface area contributed by atoms with Gasteiger partial charge in [0.05, 0.1) is 0 Å². The summed E-state index contributed by atoms with van der Waals surface area (Å²) in [5.74, 6) is 1.18. The summed E-state index contributed by atoms with van der Waals surface area (Å²) in [5.41, 5.74) is 7.79. The van der Waals surface area contributed by atoms with Crippen LogP contribution in [0.1, 0.15) is 78.6 Å². The lowest BCUT2D eigenvalue weighted by Crippen LogP contribution is -2.52. The maximum absolute atomic E-state index is 13.5. The van der Waals surface area contributed by atoms with Crippen molar-refractivity contribution in [2.45, 2.75) is 84.1 Å². The highest BCUT2D eigenvalue weighted by molar-refractivity contribution is 6.10. The summed E-state index contributed by atoms with van der Waals surface area (Å²) in [5, 5.41) is 0. The van der Waals surface area contributed by atoms with Crippen LogP contribution < -0.4 is 5.73 Å². The standard InChI is InChI=1S/C22H35N3O/c1-5-17-15-21(13-9-6-10-14-21)22(19(26)25(4)20(23)24-22)18(17)12-8-7-11-16(2)3/h5,12,16H,6-11,13-15H2,1-4H3,(H2,23,24). The number of unbranched alkanes of at least 4 members (excludes halogenated alkanes) is 1. The summed E-state index contributed by atoms with van der Waals surface area (Å²) >= 11 is 0. The minimum Gasteiger partial charge on any atom is -0.369 e. The molecule has 0 radical (unpaired) electrons. The van der Waals surface area contributed by atoms with Crippen molar-refractivity contribution in [3.63, 3.8) is 0 Å². The predicted molar refractivity (Wildman–Crippen MR) is 108 cm³/mol. The SMILES string of the molecule is CC=C1CC2(CCCCC2)C2(N=C(N)N(C)C2=O)C1=CCCCC(C)C. The van der Waals surface area contributed by atoms with Gasteiger partial charge in [0, 0.05) is 12.5 Å². The Bertz CT molecular complexity index is 652. The monoisotopic (exact) mass is 357 g/mol. The van der Waals surface area contributed by atoms with Crippen LogP contribution in [0.4, 0.5) is 0 Å². The summed E-state index contributed by atoms with van der Waals surface area (Å²) in [6.45, 7) is 6.63. The number of hydrogen-bond acceptors (Lipinski definition) is 3. The van der Waals surface area contributed by atoms with E-state index in [9.17, 15) is 4.79 Å². The van der Waals surface area contributed by atoms with E-state index >= 15 is 0 Å². The summed E-state index contributed by atoms with van der Waals surface area (Å²) in [6.07, 6.45) is 14.7. The van der Waals surface area contributed by atoms with Crippen molar-refractivity contribution in [3.05, 3.63) is 23.3 Å². The fourth-order valence-electron chi connectivity index (χ4n) is 5.34. The number of rotatable bonds is 4. The van der Waals surface area contributed by atoms with E-state index in [1.807, 2.05) is 0 Å². The molecule has 1 atom stereocenters. The highest BCUT2D eigenvalue weighted by Crippen LogP contribution is 2.63. The number of hydrogen-bond donors (Lipinski definition) is 1. The number of carbonyl (C=O) groups excluding carboxylic acids is 1. The van der Waals surface area contributed by atoms with E-state index in [1.165, 1.54) is 31.3 Å². The van der Waals surface area contributed by atoms with Gasteiger partial charge in [0.15, 0.2) is 11.5 Å². The summed E-state index contributed by atoms with van der Waals surface area (Å²) < 4.78 is 0. The molecule has 3 rings (SSSR count). The van der Waals surface area contributed by atoms with E-state index in [1.54, 1.807) is 11.9 Å². The topological polar surface area (TPSA) is 58.7 Å². The van der Waals surface area contributed by atoms with Crippen LogP contribution in [-0.2, 0) is 4.79 Å². The van der Waals surface area contributed by atoms with E-state index in [0.29, 0.717) is 11.9 Å².